The number of hydrogen-bond donors (Lipinski definition) is 1. The molecular weight excluding hydrogens is 451 g/mol. The van der Waals surface area contributed by atoms with E-state index in [1.165, 1.54) is 23.1 Å². The highest BCUT2D eigenvalue weighted by atomic mass is 35.5. The average molecular weight is 471 g/mol. The van der Waals surface area contributed by atoms with Crippen LogP contribution in [0.15, 0.2) is 64.6 Å². The third kappa shape index (κ3) is 3.76. The molecule has 32 heavy (non-hydrogen) atoms. The van der Waals surface area contributed by atoms with Crippen LogP contribution < -0.4 is 9.80 Å². The number of rotatable bonds is 4. The van der Waals surface area contributed by atoms with Crippen molar-refractivity contribution in [2.45, 2.75) is 13.0 Å². The molecule has 6 nitrogen and oxygen atoms in total. The van der Waals surface area contributed by atoms with Crippen molar-refractivity contribution in [3.8, 4) is 0 Å². The zero-order valence-corrected chi connectivity index (χ0v) is 19.1. The van der Waals surface area contributed by atoms with Gasteiger partial charge in [-0.1, -0.05) is 23.2 Å². The Balaban J connectivity index is 1.90. The van der Waals surface area contributed by atoms with Crippen molar-refractivity contribution in [2.24, 2.45) is 0 Å². The van der Waals surface area contributed by atoms with Crippen molar-refractivity contribution in [3.63, 3.8) is 0 Å². The summed E-state index contributed by atoms with van der Waals surface area (Å²) in [5.41, 5.74) is 1.63. The van der Waals surface area contributed by atoms with Crippen molar-refractivity contribution in [2.75, 3.05) is 23.9 Å². The van der Waals surface area contributed by atoms with Crippen LogP contribution >= 0.6 is 23.2 Å². The van der Waals surface area contributed by atoms with E-state index in [1.54, 1.807) is 31.2 Å². The van der Waals surface area contributed by atoms with Gasteiger partial charge in [0.05, 0.1) is 15.6 Å². The summed E-state index contributed by atoms with van der Waals surface area (Å²) < 4.78 is 5.79. The first-order chi connectivity index (χ1) is 15.2. The van der Waals surface area contributed by atoms with Gasteiger partial charge < -0.3 is 14.4 Å². The molecule has 0 radical (unpaired) electrons. The topological polar surface area (TPSA) is 74.0 Å². The molecule has 1 saturated heterocycles. The average Bonchev–Trinajstić information content (AvgIpc) is 3.30. The van der Waals surface area contributed by atoms with Crippen LogP contribution in [-0.2, 0) is 9.59 Å². The Morgan fingerprint density at radius 1 is 1.00 bits per heavy atom. The normalized spacial score (nSPS) is 17.8. The van der Waals surface area contributed by atoms with Gasteiger partial charge in [-0.15, -0.1) is 0 Å². The van der Waals surface area contributed by atoms with E-state index in [4.69, 9.17) is 27.6 Å². The fourth-order valence-corrected chi connectivity index (χ4v) is 3.98. The molecule has 3 aromatic rings. The van der Waals surface area contributed by atoms with E-state index in [9.17, 15) is 14.7 Å². The van der Waals surface area contributed by atoms with Gasteiger partial charge in [0.1, 0.15) is 23.3 Å². The van der Waals surface area contributed by atoms with Gasteiger partial charge in [0, 0.05) is 31.0 Å². The molecule has 0 aliphatic carbocycles. The summed E-state index contributed by atoms with van der Waals surface area (Å²) in [6.07, 6.45) is 0. The number of hydrogen-bond acceptors (Lipinski definition) is 5. The van der Waals surface area contributed by atoms with Gasteiger partial charge >= 0.3 is 0 Å². The summed E-state index contributed by atoms with van der Waals surface area (Å²) in [6, 6.07) is 14.2. The van der Waals surface area contributed by atoms with Gasteiger partial charge in [0.25, 0.3) is 11.7 Å². The summed E-state index contributed by atoms with van der Waals surface area (Å²) >= 11 is 12.1. The predicted molar refractivity (Wildman–Crippen MR) is 125 cm³/mol. The molecule has 2 heterocycles. The summed E-state index contributed by atoms with van der Waals surface area (Å²) in [6.45, 7) is 1.76. The Bertz CT molecular complexity index is 1250. The lowest BCUT2D eigenvalue weighted by molar-refractivity contribution is -0.132. The van der Waals surface area contributed by atoms with E-state index in [0.29, 0.717) is 22.2 Å². The van der Waals surface area contributed by atoms with Crippen LogP contribution in [0.4, 0.5) is 11.4 Å². The summed E-state index contributed by atoms with van der Waals surface area (Å²) in [4.78, 5) is 29.5. The van der Waals surface area contributed by atoms with Crippen molar-refractivity contribution in [3.05, 3.63) is 87.3 Å². The first-order valence-corrected chi connectivity index (χ1v) is 10.5. The van der Waals surface area contributed by atoms with Crippen LogP contribution in [0.1, 0.15) is 23.1 Å². The maximum Gasteiger partial charge on any atom is 0.300 e. The highest BCUT2D eigenvalue weighted by molar-refractivity contribution is 6.51. The molecule has 8 heteroatoms. The molecule has 4 rings (SSSR count). The summed E-state index contributed by atoms with van der Waals surface area (Å²) in [7, 11) is 3.81. The molecule has 1 aliphatic heterocycles. The second kappa shape index (κ2) is 8.37. The van der Waals surface area contributed by atoms with Crippen molar-refractivity contribution >= 4 is 52.0 Å². The minimum absolute atomic E-state index is 0.0839. The van der Waals surface area contributed by atoms with Gasteiger partial charge in [0.2, 0.25) is 0 Å². The third-order valence-corrected chi connectivity index (χ3v) is 6.05. The zero-order valence-electron chi connectivity index (χ0n) is 17.6. The number of nitrogens with zero attached hydrogens (tertiary/aromatic N) is 2. The van der Waals surface area contributed by atoms with Crippen molar-refractivity contribution in [1.82, 2.24) is 0 Å². The number of aliphatic hydroxyl groups excluding tert-OH is 1. The second-order valence-electron chi connectivity index (χ2n) is 7.66. The molecule has 1 aromatic heterocycles. The van der Waals surface area contributed by atoms with Crippen molar-refractivity contribution in [1.29, 1.82) is 0 Å². The van der Waals surface area contributed by atoms with Gasteiger partial charge in [-0.05, 0) is 61.5 Å². The second-order valence-corrected chi connectivity index (χ2v) is 8.47. The number of halogens is 2. The maximum atomic E-state index is 13.1. The first kappa shape index (κ1) is 22.0. The number of ketones is 1. The van der Waals surface area contributed by atoms with E-state index in [2.05, 4.69) is 0 Å². The molecule has 1 N–H and O–H groups in total. The molecule has 2 aromatic carbocycles. The quantitative estimate of drug-likeness (QED) is 0.305. The zero-order chi connectivity index (χ0) is 23.2. The lowest BCUT2D eigenvalue weighted by Gasteiger charge is -2.24. The first-order valence-electron chi connectivity index (χ1n) is 9.79. The highest BCUT2D eigenvalue weighted by Gasteiger charge is 2.48. The van der Waals surface area contributed by atoms with Crippen LogP contribution in [-0.4, -0.2) is 30.9 Å². The smallest absolute Gasteiger partial charge is 0.300 e. The van der Waals surface area contributed by atoms with Crippen molar-refractivity contribution < 1.29 is 19.1 Å². The number of Topliss-reactive ketones (excluding diaryl/α,β-unsaturated/α-hetero) is 1. The minimum atomic E-state index is -0.941. The molecule has 0 spiro atoms. The fourth-order valence-electron chi connectivity index (χ4n) is 3.68. The van der Waals surface area contributed by atoms with Crippen LogP contribution in [0.25, 0.3) is 5.76 Å². The molecule has 1 atom stereocenters. The fraction of sp³-hybridized carbons (Fsp3) is 0.167. The Morgan fingerprint density at radius 2 is 1.69 bits per heavy atom. The molecular formula is C24H20Cl2N2O4. The van der Waals surface area contributed by atoms with E-state index < -0.39 is 17.7 Å². The lowest BCUT2D eigenvalue weighted by atomic mass is 9.99. The number of benzene rings is 2. The number of amides is 1. The van der Waals surface area contributed by atoms with Gasteiger partial charge in [-0.3, -0.25) is 14.5 Å². The minimum Gasteiger partial charge on any atom is -0.507 e. The molecule has 0 saturated carbocycles. The van der Waals surface area contributed by atoms with Crippen LogP contribution in [0.3, 0.4) is 0 Å². The van der Waals surface area contributed by atoms with Crippen LogP contribution in [0.2, 0.25) is 10.0 Å². The standard InChI is InChI=1S/C24H20Cl2N2O4/c1-13-4-11-19(32-13)21-20(22(29)14-5-10-17(25)18(26)12-14)23(30)24(31)28(21)16-8-6-15(7-9-16)27(2)3/h4-12,21,29H,1-3H3/b22-20-. The molecule has 164 valence electrons. The number of anilines is 2. The number of carbonyl (C=O) groups excluding carboxylic acids is 2. The Kier molecular flexibility index (Phi) is 5.75. The monoisotopic (exact) mass is 470 g/mol. The maximum absolute atomic E-state index is 13.1. The van der Waals surface area contributed by atoms with E-state index in [1.807, 2.05) is 31.1 Å². The molecule has 1 unspecified atom stereocenters. The number of furan rings is 1. The Morgan fingerprint density at radius 3 is 2.25 bits per heavy atom. The van der Waals surface area contributed by atoms with Crippen LogP contribution in [0, 0.1) is 6.92 Å². The van der Waals surface area contributed by atoms with Crippen LogP contribution in [0.5, 0.6) is 0 Å². The largest absolute Gasteiger partial charge is 0.507 e. The van der Waals surface area contributed by atoms with Gasteiger partial charge in [-0.2, -0.15) is 0 Å². The molecule has 1 amide bonds. The number of carbonyl (C=O) groups is 2. The lowest BCUT2D eigenvalue weighted by Crippen LogP contribution is -2.29. The predicted octanol–water partition coefficient (Wildman–Crippen LogP) is 5.59. The SMILES string of the molecule is Cc1ccc(C2/C(=C(/O)c3ccc(Cl)c(Cl)c3)C(=O)C(=O)N2c2ccc(N(C)C)cc2)o1. The Hall–Kier alpha value is -3.22. The van der Waals surface area contributed by atoms with Gasteiger partial charge in [0.15, 0.2) is 0 Å². The van der Waals surface area contributed by atoms with E-state index in [0.717, 1.165) is 5.69 Å². The molecule has 0 bridgehead atoms. The summed E-state index contributed by atoms with van der Waals surface area (Å²) in [5.74, 6) is -0.955. The summed E-state index contributed by atoms with van der Waals surface area (Å²) in [5, 5.41) is 11.6. The molecule has 1 aliphatic rings. The Labute approximate surface area is 195 Å². The van der Waals surface area contributed by atoms with Gasteiger partial charge in [-0.25, -0.2) is 0 Å². The van der Waals surface area contributed by atoms with E-state index in [-0.39, 0.29) is 21.9 Å². The number of aliphatic hydroxyl groups is 1. The molecule has 1 fully saturated rings. The highest BCUT2D eigenvalue weighted by Crippen LogP contribution is 2.43. The third-order valence-electron chi connectivity index (χ3n) is 5.31. The van der Waals surface area contributed by atoms with E-state index >= 15 is 0 Å². The number of aryl methyl sites for hydroxylation is 1.